The molecule has 0 bridgehead atoms. The second-order valence-corrected chi connectivity index (χ2v) is 6.58. The van der Waals surface area contributed by atoms with E-state index in [4.69, 9.17) is 17.3 Å². The van der Waals surface area contributed by atoms with E-state index in [1.165, 1.54) is 5.56 Å². The molecular formula is C19H22Cl2N2O. The molecule has 2 aromatic carbocycles. The molecule has 0 aromatic heterocycles. The van der Waals surface area contributed by atoms with Crippen molar-refractivity contribution in [2.45, 2.75) is 25.9 Å². The molecule has 2 aromatic rings. The number of rotatable bonds is 3. The Hall–Kier alpha value is -1.55. The van der Waals surface area contributed by atoms with Gasteiger partial charge in [-0.05, 0) is 35.2 Å². The zero-order chi connectivity index (χ0) is 16.4. The predicted molar refractivity (Wildman–Crippen MR) is 100 cm³/mol. The Bertz CT molecular complexity index is 706. The molecule has 2 N–H and O–H groups in total. The van der Waals surface area contributed by atoms with E-state index in [0.717, 1.165) is 17.5 Å². The summed E-state index contributed by atoms with van der Waals surface area (Å²) in [6, 6.07) is 16.2. The van der Waals surface area contributed by atoms with Crippen molar-refractivity contribution in [1.82, 2.24) is 4.90 Å². The van der Waals surface area contributed by atoms with Gasteiger partial charge in [0, 0.05) is 24.0 Å². The van der Waals surface area contributed by atoms with Crippen LogP contribution in [0.1, 0.15) is 29.7 Å². The van der Waals surface area contributed by atoms with E-state index in [-0.39, 0.29) is 30.3 Å². The van der Waals surface area contributed by atoms with Gasteiger partial charge < -0.3 is 10.6 Å². The molecule has 0 aliphatic carbocycles. The number of carbonyl (C=O) groups excluding carboxylic acids is 1. The van der Waals surface area contributed by atoms with Crippen LogP contribution in [0.15, 0.2) is 48.5 Å². The van der Waals surface area contributed by atoms with Crippen LogP contribution in [0.4, 0.5) is 0 Å². The standard InChI is InChI=1S/C19H21ClN2O.ClH/c1-13(11-21)19(23)22-12-16-9-17(20)8-7-15(16)10-18(22)14-5-3-2-4-6-14;/h2-9,13,18H,10-12,21H2,1H3;1H. The maximum atomic E-state index is 12.8. The lowest BCUT2D eigenvalue weighted by Crippen LogP contribution is -2.43. The SMILES string of the molecule is CC(CN)C(=O)N1Cc2cc(Cl)ccc2CC1c1ccccc1.Cl. The molecule has 1 heterocycles. The molecule has 24 heavy (non-hydrogen) atoms. The van der Waals surface area contributed by atoms with Gasteiger partial charge in [-0.25, -0.2) is 0 Å². The van der Waals surface area contributed by atoms with Gasteiger partial charge in [0.1, 0.15) is 0 Å². The first-order valence-electron chi connectivity index (χ1n) is 7.93. The summed E-state index contributed by atoms with van der Waals surface area (Å²) in [5, 5.41) is 0.709. The summed E-state index contributed by atoms with van der Waals surface area (Å²) in [4.78, 5) is 14.8. The van der Waals surface area contributed by atoms with Crippen LogP contribution in [0.5, 0.6) is 0 Å². The first kappa shape index (κ1) is 18.8. The molecule has 128 valence electrons. The predicted octanol–water partition coefficient (Wildman–Crippen LogP) is 3.98. The van der Waals surface area contributed by atoms with Crippen LogP contribution in [0.25, 0.3) is 0 Å². The van der Waals surface area contributed by atoms with Crippen molar-refractivity contribution in [2.24, 2.45) is 11.7 Å². The van der Waals surface area contributed by atoms with Crippen LogP contribution < -0.4 is 5.73 Å². The van der Waals surface area contributed by atoms with Crippen LogP contribution in [0.2, 0.25) is 5.02 Å². The molecule has 0 saturated heterocycles. The lowest BCUT2D eigenvalue weighted by Gasteiger charge is -2.38. The van der Waals surface area contributed by atoms with E-state index in [0.29, 0.717) is 18.1 Å². The third-order valence-corrected chi connectivity index (χ3v) is 4.78. The molecule has 1 aliphatic heterocycles. The quantitative estimate of drug-likeness (QED) is 0.894. The van der Waals surface area contributed by atoms with Crippen LogP contribution in [-0.4, -0.2) is 17.4 Å². The van der Waals surface area contributed by atoms with Crippen molar-refractivity contribution in [3.05, 3.63) is 70.2 Å². The maximum absolute atomic E-state index is 12.8. The van der Waals surface area contributed by atoms with Gasteiger partial charge in [-0.2, -0.15) is 0 Å². The maximum Gasteiger partial charge on any atom is 0.227 e. The Morgan fingerprint density at radius 1 is 1.25 bits per heavy atom. The molecule has 5 heteroatoms. The van der Waals surface area contributed by atoms with Crippen molar-refractivity contribution < 1.29 is 4.79 Å². The fourth-order valence-corrected chi connectivity index (χ4v) is 3.34. The van der Waals surface area contributed by atoms with Gasteiger partial charge in [0.05, 0.1) is 6.04 Å². The number of halogens is 2. The minimum absolute atomic E-state index is 0. The third kappa shape index (κ3) is 3.75. The first-order chi connectivity index (χ1) is 11.1. The summed E-state index contributed by atoms with van der Waals surface area (Å²) in [5.74, 6) is -0.0751. The molecule has 0 fully saturated rings. The monoisotopic (exact) mass is 364 g/mol. The lowest BCUT2D eigenvalue weighted by atomic mass is 9.89. The van der Waals surface area contributed by atoms with Gasteiger partial charge in [-0.3, -0.25) is 4.79 Å². The van der Waals surface area contributed by atoms with Gasteiger partial charge in [0.15, 0.2) is 0 Å². The van der Waals surface area contributed by atoms with Crippen molar-refractivity contribution >= 4 is 29.9 Å². The normalized spacial score (nSPS) is 17.6. The van der Waals surface area contributed by atoms with Crippen molar-refractivity contribution in [2.75, 3.05) is 6.54 Å². The zero-order valence-corrected chi connectivity index (χ0v) is 15.2. The van der Waals surface area contributed by atoms with Gasteiger partial charge in [0.2, 0.25) is 5.91 Å². The van der Waals surface area contributed by atoms with Crippen molar-refractivity contribution in [3.8, 4) is 0 Å². The molecule has 2 unspecified atom stereocenters. The topological polar surface area (TPSA) is 46.3 Å². The summed E-state index contributed by atoms with van der Waals surface area (Å²) in [6.45, 7) is 2.83. The largest absolute Gasteiger partial charge is 0.331 e. The van der Waals surface area contributed by atoms with Gasteiger partial charge >= 0.3 is 0 Å². The van der Waals surface area contributed by atoms with Crippen LogP contribution >= 0.6 is 24.0 Å². The highest BCUT2D eigenvalue weighted by molar-refractivity contribution is 6.30. The second kappa shape index (κ2) is 8.02. The Labute approximate surface area is 154 Å². The number of carbonyl (C=O) groups is 1. The van der Waals surface area contributed by atoms with E-state index < -0.39 is 0 Å². The Morgan fingerprint density at radius 3 is 2.62 bits per heavy atom. The summed E-state index contributed by atoms with van der Waals surface area (Å²) in [7, 11) is 0. The van der Waals surface area contributed by atoms with Crippen LogP contribution in [-0.2, 0) is 17.8 Å². The van der Waals surface area contributed by atoms with Gasteiger partial charge in [-0.1, -0.05) is 54.9 Å². The summed E-state index contributed by atoms with van der Waals surface area (Å²) in [6.07, 6.45) is 0.805. The number of nitrogens with two attached hydrogens (primary N) is 1. The highest BCUT2D eigenvalue weighted by Gasteiger charge is 2.32. The first-order valence-corrected chi connectivity index (χ1v) is 8.30. The Balaban J connectivity index is 0.00000208. The number of hydrogen-bond acceptors (Lipinski definition) is 2. The molecule has 0 saturated carbocycles. The van der Waals surface area contributed by atoms with E-state index in [9.17, 15) is 4.79 Å². The van der Waals surface area contributed by atoms with Crippen molar-refractivity contribution in [3.63, 3.8) is 0 Å². The number of fused-ring (bicyclic) bond motifs is 1. The number of hydrogen-bond donors (Lipinski definition) is 1. The highest BCUT2D eigenvalue weighted by atomic mass is 35.5. The van der Waals surface area contributed by atoms with Gasteiger partial charge in [-0.15, -0.1) is 12.4 Å². The summed E-state index contributed by atoms with van der Waals surface area (Å²) < 4.78 is 0. The fourth-order valence-electron chi connectivity index (χ4n) is 3.14. The van der Waals surface area contributed by atoms with Crippen LogP contribution in [0.3, 0.4) is 0 Å². The lowest BCUT2D eigenvalue weighted by molar-refractivity contribution is -0.138. The number of nitrogens with zero attached hydrogens (tertiary/aromatic N) is 1. The van der Waals surface area contributed by atoms with E-state index >= 15 is 0 Å². The second-order valence-electron chi connectivity index (χ2n) is 6.15. The fraction of sp³-hybridized carbons (Fsp3) is 0.316. The molecular weight excluding hydrogens is 343 g/mol. The Morgan fingerprint density at radius 2 is 1.96 bits per heavy atom. The summed E-state index contributed by atoms with van der Waals surface area (Å²) >= 11 is 6.12. The molecule has 3 rings (SSSR count). The van der Waals surface area contributed by atoms with Crippen LogP contribution in [0, 0.1) is 5.92 Å². The molecule has 0 spiro atoms. The van der Waals surface area contributed by atoms with Crippen molar-refractivity contribution in [1.29, 1.82) is 0 Å². The molecule has 2 atom stereocenters. The van der Waals surface area contributed by atoms with E-state index in [1.54, 1.807) is 0 Å². The molecule has 1 aliphatic rings. The smallest absolute Gasteiger partial charge is 0.227 e. The van der Waals surface area contributed by atoms with Gasteiger partial charge in [0.25, 0.3) is 0 Å². The number of amides is 1. The average molecular weight is 365 g/mol. The molecule has 1 amide bonds. The highest BCUT2D eigenvalue weighted by Crippen LogP contribution is 2.35. The number of benzene rings is 2. The molecule has 3 nitrogen and oxygen atoms in total. The van der Waals surface area contributed by atoms with E-state index in [1.807, 2.05) is 42.2 Å². The zero-order valence-electron chi connectivity index (χ0n) is 13.6. The van der Waals surface area contributed by atoms with E-state index in [2.05, 4.69) is 18.2 Å². The molecule has 0 radical (unpaired) electrons. The average Bonchev–Trinajstić information content (AvgIpc) is 2.60. The minimum atomic E-state index is -0.179. The summed E-state index contributed by atoms with van der Waals surface area (Å²) in [5.41, 5.74) is 9.26. The Kier molecular flexibility index (Phi) is 6.27. The third-order valence-electron chi connectivity index (χ3n) is 4.54. The minimum Gasteiger partial charge on any atom is -0.331 e.